The Morgan fingerprint density at radius 2 is 1.72 bits per heavy atom. The molecular formula is C30H40F3N5O5. The van der Waals surface area contributed by atoms with Gasteiger partial charge in [0.15, 0.2) is 0 Å². The second-order valence-electron chi connectivity index (χ2n) is 13.2. The summed E-state index contributed by atoms with van der Waals surface area (Å²) in [6, 6.07) is 1.92. The number of likely N-dealkylation sites (tertiary alicyclic amines) is 1. The van der Waals surface area contributed by atoms with Gasteiger partial charge in [0.1, 0.15) is 29.1 Å². The van der Waals surface area contributed by atoms with Gasteiger partial charge in [-0.3, -0.25) is 9.59 Å². The Balaban J connectivity index is 1.34. The van der Waals surface area contributed by atoms with Crippen molar-refractivity contribution in [2.24, 2.45) is 11.3 Å². The van der Waals surface area contributed by atoms with E-state index in [1.165, 1.54) is 17.2 Å². The topological polar surface area (TPSA) is 116 Å². The molecule has 0 spiro atoms. The monoisotopic (exact) mass is 607 g/mol. The number of amides is 2. The normalized spacial score (nSPS) is 27.2. The van der Waals surface area contributed by atoms with Crippen molar-refractivity contribution in [2.45, 2.75) is 108 Å². The number of ether oxygens (including phenoxy) is 2. The largest absolute Gasteiger partial charge is 0.442 e. The van der Waals surface area contributed by atoms with Gasteiger partial charge < -0.3 is 19.7 Å². The van der Waals surface area contributed by atoms with E-state index in [-0.39, 0.29) is 43.6 Å². The molecule has 0 aromatic carbocycles. The molecule has 2 atom stereocenters. The van der Waals surface area contributed by atoms with Crippen molar-refractivity contribution in [3.05, 3.63) is 18.3 Å². The van der Waals surface area contributed by atoms with Crippen molar-refractivity contribution >= 4 is 34.8 Å². The van der Waals surface area contributed by atoms with Crippen LogP contribution in [0.15, 0.2) is 18.3 Å². The number of hydrogen-bond acceptors (Lipinski definition) is 7. The van der Waals surface area contributed by atoms with Gasteiger partial charge in [0.05, 0.1) is 29.8 Å². The Labute approximate surface area is 248 Å². The third kappa shape index (κ3) is 6.51. The molecule has 236 valence electrons. The third-order valence-corrected chi connectivity index (χ3v) is 9.15. The average Bonchev–Trinajstić information content (AvgIpc) is 3.55. The van der Waals surface area contributed by atoms with Crippen molar-refractivity contribution in [1.29, 1.82) is 0 Å². The second kappa shape index (κ2) is 11.7. The number of pyridine rings is 1. The zero-order valence-electron chi connectivity index (χ0n) is 25.1. The highest BCUT2D eigenvalue weighted by Gasteiger charge is 2.56. The summed E-state index contributed by atoms with van der Waals surface area (Å²) in [6.07, 6.45) is 1.07. The SMILES string of the molecule is CO[C@H]1CC[C@H](C2(C(=O)N3C[C@H](F)C[C@@H]3C(=O)Nc3ccc4c(cnn4C(=O)OC(C)(C)C)n3)CCC(F)(F)CC2)CC1. The molecule has 2 aromatic heterocycles. The third-order valence-electron chi connectivity index (χ3n) is 9.15. The number of anilines is 1. The number of fused-ring (bicyclic) bond motifs is 1. The summed E-state index contributed by atoms with van der Waals surface area (Å²) >= 11 is 0. The summed E-state index contributed by atoms with van der Waals surface area (Å²) in [5, 5.41) is 6.73. The second-order valence-corrected chi connectivity index (χ2v) is 13.2. The Kier molecular flexibility index (Phi) is 8.49. The van der Waals surface area contributed by atoms with Crippen LogP contribution in [0.4, 0.5) is 23.8 Å². The number of carbonyl (C=O) groups excluding carboxylic acids is 3. The summed E-state index contributed by atoms with van der Waals surface area (Å²) < 4.78 is 55.4. The van der Waals surface area contributed by atoms with Gasteiger partial charge in [-0.15, -0.1) is 0 Å². The molecule has 3 fully saturated rings. The summed E-state index contributed by atoms with van der Waals surface area (Å²) in [6.45, 7) is 4.94. The van der Waals surface area contributed by atoms with Crippen LogP contribution in [0.5, 0.6) is 0 Å². The van der Waals surface area contributed by atoms with Crippen LogP contribution in [0.1, 0.15) is 78.6 Å². The number of hydrogen-bond donors (Lipinski definition) is 1. The minimum absolute atomic E-state index is 0.00278. The number of alkyl halides is 3. The Hall–Kier alpha value is -3.22. The first kappa shape index (κ1) is 31.2. The molecule has 3 aliphatic rings. The number of carbonyl (C=O) groups is 3. The molecule has 10 nitrogen and oxygen atoms in total. The predicted molar refractivity (Wildman–Crippen MR) is 151 cm³/mol. The molecule has 2 aliphatic carbocycles. The number of halogens is 3. The highest BCUT2D eigenvalue weighted by molar-refractivity contribution is 5.99. The van der Waals surface area contributed by atoms with Gasteiger partial charge >= 0.3 is 6.09 Å². The minimum Gasteiger partial charge on any atom is -0.442 e. The summed E-state index contributed by atoms with van der Waals surface area (Å²) in [5.74, 6) is -3.87. The number of nitrogens with one attached hydrogen (secondary N) is 1. The zero-order chi connectivity index (χ0) is 31.2. The van der Waals surface area contributed by atoms with E-state index in [0.717, 1.165) is 17.5 Å². The molecule has 0 bridgehead atoms. The molecule has 3 heterocycles. The lowest BCUT2D eigenvalue weighted by atomic mass is 9.60. The number of nitrogens with zero attached hydrogens (tertiary/aromatic N) is 4. The first-order chi connectivity index (χ1) is 20.2. The molecule has 13 heteroatoms. The average molecular weight is 608 g/mol. The number of aromatic nitrogens is 3. The Bertz CT molecular complexity index is 1360. The smallest absolute Gasteiger partial charge is 0.435 e. The van der Waals surface area contributed by atoms with Gasteiger partial charge in [-0.05, 0) is 77.3 Å². The van der Waals surface area contributed by atoms with E-state index in [2.05, 4.69) is 15.4 Å². The van der Waals surface area contributed by atoms with E-state index in [0.29, 0.717) is 23.9 Å². The number of rotatable bonds is 5. The predicted octanol–water partition coefficient (Wildman–Crippen LogP) is 5.49. The first-order valence-corrected chi connectivity index (χ1v) is 15.0. The van der Waals surface area contributed by atoms with E-state index >= 15 is 0 Å². The van der Waals surface area contributed by atoms with Crippen molar-refractivity contribution in [2.75, 3.05) is 19.0 Å². The van der Waals surface area contributed by atoms with Crippen molar-refractivity contribution in [3.8, 4) is 0 Å². The van der Waals surface area contributed by atoms with Gasteiger partial charge in [-0.2, -0.15) is 9.78 Å². The standard InChI is InChI=1S/C30H40F3N5O5/c1-28(2,3)43-27(41)38-22-9-10-24(35-21(22)16-34-38)36-25(39)23-15-19(31)17-37(23)26(40)29(11-13-30(32,33)14-12-29)18-5-7-20(42-4)8-6-18/h9-10,16,18-20,23H,5-8,11-15,17H2,1-4H3,(H,35,36,39)/t18-,19-,20-,23-/m1/s1. The van der Waals surface area contributed by atoms with Crippen LogP contribution >= 0.6 is 0 Å². The Morgan fingerprint density at radius 1 is 1.05 bits per heavy atom. The van der Waals surface area contributed by atoms with Crippen molar-refractivity contribution in [1.82, 2.24) is 19.7 Å². The van der Waals surface area contributed by atoms with E-state index in [4.69, 9.17) is 9.47 Å². The van der Waals surface area contributed by atoms with Crippen LogP contribution in [0.2, 0.25) is 0 Å². The fraction of sp³-hybridized carbons (Fsp3) is 0.700. The maximum Gasteiger partial charge on any atom is 0.435 e. The molecule has 0 unspecified atom stereocenters. The highest BCUT2D eigenvalue weighted by Crippen LogP contribution is 2.53. The molecule has 5 rings (SSSR count). The molecule has 43 heavy (non-hydrogen) atoms. The first-order valence-electron chi connectivity index (χ1n) is 15.0. The molecule has 1 saturated heterocycles. The highest BCUT2D eigenvalue weighted by atomic mass is 19.3. The Morgan fingerprint density at radius 3 is 2.35 bits per heavy atom. The van der Waals surface area contributed by atoms with Gasteiger partial charge in [-0.1, -0.05) is 0 Å². The lowest BCUT2D eigenvalue weighted by molar-refractivity contribution is -0.161. The van der Waals surface area contributed by atoms with Crippen LogP contribution in [-0.4, -0.2) is 81.1 Å². The summed E-state index contributed by atoms with van der Waals surface area (Å²) in [5.41, 5.74) is -1.11. The quantitative estimate of drug-likeness (QED) is 0.478. The zero-order valence-corrected chi connectivity index (χ0v) is 25.1. The number of methoxy groups -OCH3 is 1. The molecular weight excluding hydrogens is 567 g/mol. The molecule has 1 aliphatic heterocycles. The van der Waals surface area contributed by atoms with Gasteiger partial charge in [-0.25, -0.2) is 22.9 Å². The van der Waals surface area contributed by atoms with Crippen molar-refractivity contribution < 1.29 is 37.0 Å². The maximum atomic E-state index is 14.9. The van der Waals surface area contributed by atoms with Crippen molar-refractivity contribution in [3.63, 3.8) is 0 Å². The molecule has 1 N–H and O–H groups in total. The van der Waals surface area contributed by atoms with Gasteiger partial charge in [0, 0.05) is 26.4 Å². The van der Waals surface area contributed by atoms with E-state index in [1.54, 1.807) is 33.9 Å². The molecule has 2 aromatic rings. The van der Waals surface area contributed by atoms with E-state index in [9.17, 15) is 27.6 Å². The molecule has 2 amide bonds. The molecule has 0 radical (unpaired) electrons. The summed E-state index contributed by atoms with van der Waals surface area (Å²) in [4.78, 5) is 45.9. The lowest BCUT2D eigenvalue weighted by Crippen LogP contribution is -2.55. The van der Waals surface area contributed by atoms with Gasteiger partial charge in [0.2, 0.25) is 17.7 Å². The van der Waals surface area contributed by atoms with Crippen LogP contribution in [-0.2, 0) is 19.1 Å². The molecule has 2 saturated carbocycles. The van der Waals surface area contributed by atoms with Crippen LogP contribution in [0, 0.1) is 11.3 Å². The minimum atomic E-state index is -2.85. The lowest BCUT2D eigenvalue weighted by Gasteiger charge is -2.48. The van der Waals surface area contributed by atoms with Crippen LogP contribution in [0.3, 0.4) is 0 Å². The summed E-state index contributed by atoms with van der Waals surface area (Å²) in [7, 11) is 1.64. The van der Waals surface area contributed by atoms with Crippen LogP contribution < -0.4 is 5.32 Å². The fourth-order valence-corrected chi connectivity index (χ4v) is 6.90. The van der Waals surface area contributed by atoms with Crippen LogP contribution in [0.25, 0.3) is 11.0 Å². The fourth-order valence-electron chi connectivity index (χ4n) is 6.90. The maximum absolute atomic E-state index is 14.9. The van der Waals surface area contributed by atoms with Gasteiger partial charge in [0.25, 0.3) is 0 Å². The van der Waals surface area contributed by atoms with E-state index in [1.807, 2.05) is 0 Å². The van der Waals surface area contributed by atoms with E-state index < -0.39 is 59.9 Å².